The van der Waals surface area contributed by atoms with Crippen molar-refractivity contribution in [2.24, 2.45) is 10.6 Å². The summed E-state index contributed by atoms with van der Waals surface area (Å²) in [6.45, 7) is 2.43. The summed E-state index contributed by atoms with van der Waals surface area (Å²) < 4.78 is 49.7. The minimum absolute atomic E-state index is 0.0463. The van der Waals surface area contributed by atoms with Crippen LogP contribution in [-0.2, 0) is 20.0 Å². The Morgan fingerprint density at radius 1 is 1.19 bits per heavy atom. The Morgan fingerprint density at radius 3 is 2.29 bits per heavy atom. The summed E-state index contributed by atoms with van der Waals surface area (Å²) in [5, 5.41) is 5.02. The van der Waals surface area contributed by atoms with E-state index in [9.17, 15) is 16.8 Å². The van der Waals surface area contributed by atoms with Crippen LogP contribution in [0.3, 0.4) is 0 Å². The molecule has 1 aromatic carbocycles. The van der Waals surface area contributed by atoms with E-state index >= 15 is 0 Å². The van der Waals surface area contributed by atoms with Gasteiger partial charge in [-0.15, -0.1) is 0 Å². The molecule has 1 fully saturated rings. The summed E-state index contributed by atoms with van der Waals surface area (Å²) >= 11 is 0. The first-order valence-corrected chi connectivity index (χ1v) is 9.84. The predicted octanol–water partition coefficient (Wildman–Crippen LogP) is 1.19. The molecule has 1 saturated carbocycles. The Kier molecular flexibility index (Phi) is 4.44. The van der Waals surface area contributed by atoms with Gasteiger partial charge in [0.05, 0.1) is 9.79 Å². The Hall–Kier alpha value is -0.960. The van der Waals surface area contributed by atoms with Gasteiger partial charge in [0.1, 0.15) is 0 Å². The van der Waals surface area contributed by atoms with Crippen LogP contribution in [0.5, 0.6) is 0 Å². The lowest BCUT2D eigenvalue weighted by Gasteiger charge is -2.41. The van der Waals surface area contributed by atoms with Gasteiger partial charge in [-0.3, -0.25) is 0 Å². The molecule has 8 heteroatoms. The second-order valence-corrected chi connectivity index (χ2v) is 8.88. The summed E-state index contributed by atoms with van der Waals surface area (Å²) in [6.07, 6.45) is 4.08. The lowest BCUT2D eigenvalue weighted by Crippen LogP contribution is -2.41. The van der Waals surface area contributed by atoms with E-state index in [1.165, 1.54) is 18.2 Å². The van der Waals surface area contributed by atoms with Crippen LogP contribution in [0.25, 0.3) is 0 Å². The number of rotatable bonds is 6. The van der Waals surface area contributed by atoms with E-state index < -0.39 is 20.0 Å². The van der Waals surface area contributed by atoms with Gasteiger partial charge in [-0.2, -0.15) is 0 Å². The zero-order valence-electron chi connectivity index (χ0n) is 11.9. The molecule has 0 bridgehead atoms. The third kappa shape index (κ3) is 3.63. The molecule has 118 valence electrons. The molecule has 0 aromatic heterocycles. The zero-order chi connectivity index (χ0) is 15.7. The van der Waals surface area contributed by atoms with E-state index in [0.29, 0.717) is 6.54 Å². The zero-order valence-corrected chi connectivity index (χ0v) is 13.5. The van der Waals surface area contributed by atoms with Crippen LogP contribution in [0.1, 0.15) is 32.6 Å². The molecule has 0 aliphatic heterocycles. The highest BCUT2D eigenvalue weighted by Crippen LogP contribution is 2.43. The van der Waals surface area contributed by atoms with Gasteiger partial charge in [-0.05, 0) is 42.9 Å². The molecule has 0 radical (unpaired) electrons. The maximum absolute atomic E-state index is 12.3. The Bertz CT molecular complexity index is 717. The van der Waals surface area contributed by atoms with Crippen LogP contribution >= 0.6 is 0 Å². The minimum Gasteiger partial charge on any atom is -0.225 e. The maximum Gasteiger partial charge on any atom is 0.240 e. The molecule has 0 heterocycles. The number of benzene rings is 1. The average molecular weight is 332 g/mol. The van der Waals surface area contributed by atoms with Crippen molar-refractivity contribution in [2.75, 3.05) is 6.54 Å². The van der Waals surface area contributed by atoms with E-state index in [1.807, 2.05) is 0 Å². The Labute approximate surface area is 125 Å². The highest BCUT2D eigenvalue weighted by atomic mass is 32.2. The van der Waals surface area contributed by atoms with Crippen molar-refractivity contribution in [1.29, 1.82) is 0 Å². The van der Waals surface area contributed by atoms with E-state index in [-0.39, 0.29) is 15.2 Å². The van der Waals surface area contributed by atoms with Crippen molar-refractivity contribution in [1.82, 2.24) is 4.72 Å². The molecule has 0 unspecified atom stereocenters. The van der Waals surface area contributed by atoms with Crippen molar-refractivity contribution in [3.63, 3.8) is 0 Å². The molecule has 3 N–H and O–H groups in total. The van der Waals surface area contributed by atoms with E-state index in [4.69, 9.17) is 5.14 Å². The number of nitrogens with one attached hydrogen (secondary N) is 1. The lowest BCUT2D eigenvalue weighted by molar-refractivity contribution is 0.133. The van der Waals surface area contributed by atoms with Gasteiger partial charge in [0, 0.05) is 6.54 Å². The molecule has 0 atom stereocenters. The molecule has 21 heavy (non-hydrogen) atoms. The van der Waals surface area contributed by atoms with Crippen LogP contribution in [0, 0.1) is 5.41 Å². The molecular formula is C13H20N2O4S2. The molecule has 0 saturated heterocycles. The highest BCUT2D eigenvalue weighted by molar-refractivity contribution is 7.90. The number of sulfonamides is 2. The highest BCUT2D eigenvalue weighted by Gasteiger charge is 2.36. The lowest BCUT2D eigenvalue weighted by atomic mass is 9.67. The first-order valence-electron chi connectivity index (χ1n) is 6.81. The van der Waals surface area contributed by atoms with Crippen LogP contribution in [0.15, 0.2) is 34.1 Å². The Balaban J connectivity index is 2.20. The number of hydrogen-bond acceptors (Lipinski definition) is 4. The molecular weight excluding hydrogens is 312 g/mol. The first kappa shape index (κ1) is 16.4. The monoisotopic (exact) mass is 332 g/mol. The number of nitrogens with two attached hydrogens (primary N) is 1. The molecule has 0 spiro atoms. The second-order valence-electron chi connectivity index (χ2n) is 5.55. The van der Waals surface area contributed by atoms with Crippen molar-refractivity contribution >= 4 is 20.0 Å². The summed E-state index contributed by atoms with van der Waals surface area (Å²) in [4.78, 5) is -0.293. The standard InChI is InChI=1S/C13H20N2O4S2/c1-2-13(7-4-8-13)10-15-21(18,19)12-6-3-5-11(9-12)20(14,16)17/h3,5-6,9,15H,2,4,7-8,10H2,1H3,(H2,14,16,17). The van der Waals surface area contributed by atoms with Gasteiger partial charge in [0.2, 0.25) is 20.0 Å². The van der Waals surface area contributed by atoms with E-state index in [1.54, 1.807) is 0 Å². The van der Waals surface area contributed by atoms with E-state index in [0.717, 1.165) is 31.7 Å². The summed E-state index contributed by atoms with van der Waals surface area (Å²) in [5.74, 6) is 0. The second kappa shape index (κ2) is 5.68. The molecule has 1 aromatic rings. The molecule has 2 rings (SSSR count). The smallest absolute Gasteiger partial charge is 0.225 e. The van der Waals surface area contributed by atoms with Gasteiger partial charge in [-0.25, -0.2) is 26.7 Å². The molecule has 6 nitrogen and oxygen atoms in total. The fourth-order valence-electron chi connectivity index (χ4n) is 2.48. The largest absolute Gasteiger partial charge is 0.240 e. The van der Waals surface area contributed by atoms with Crippen LogP contribution < -0.4 is 9.86 Å². The normalized spacial score (nSPS) is 18.2. The van der Waals surface area contributed by atoms with Crippen LogP contribution in [0.4, 0.5) is 0 Å². The Morgan fingerprint density at radius 2 is 1.81 bits per heavy atom. The third-order valence-corrected chi connectivity index (χ3v) is 6.56. The topological polar surface area (TPSA) is 106 Å². The minimum atomic E-state index is -3.92. The van der Waals surface area contributed by atoms with Gasteiger partial charge < -0.3 is 0 Å². The maximum atomic E-state index is 12.3. The van der Waals surface area contributed by atoms with Crippen molar-refractivity contribution < 1.29 is 16.8 Å². The SMILES string of the molecule is CCC1(CNS(=O)(=O)c2cccc(S(N)(=O)=O)c2)CCC1. The predicted molar refractivity (Wildman–Crippen MR) is 79.6 cm³/mol. The van der Waals surface area contributed by atoms with Crippen molar-refractivity contribution in [2.45, 2.75) is 42.4 Å². The molecule has 1 aliphatic rings. The third-order valence-electron chi connectivity index (χ3n) is 4.25. The van der Waals surface area contributed by atoms with Crippen molar-refractivity contribution in [3.8, 4) is 0 Å². The molecule has 1 aliphatic carbocycles. The fourth-order valence-corrected chi connectivity index (χ4v) is 4.32. The summed E-state index contributed by atoms with van der Waals surface area (Å²) in [6, 6.07) is 5.08. The van der Waals surface area contributed by atoms with Gasteiger partial charge in [0.15, 0.2) is 0 Å². The number of hydrogen-bond donors (Lipinski definition) is 2. The average Bonchev–Trinajstić information content (AvgIpc) is 2.37. The van der Waals surface area contributed by atoms with Crippen molar-refractivity contribution in [3.05, 3.63) is 24.3 Å². The summed E-state index contributed by atoms with van der Waals surface area (Å²) in [5.41, 5.74) is 0.0463. The first-order chi connectivity index (χ1) is 9.69. The van der Waals surface area contributed by atoms with E-state index in [2.05, 4.69) is 11.6 Å². The van der Waals surface area contributed by atoms with Gasteiger partial charge >= 0.3 is 0 Å². The van der Waals surface area contributed by atoms with Gasteiger partial charge in [-0.1, -0.05) is 19.4 Å². The fraction of sp³-hybridized carbons (Fsp3) is 0.538. The van der Waals surface area contributed by atoms with Crippen LogP contribution in [-0.4, -0.2) is 23.4 Å². The molecule has 0 amide bonds. The number of primary sulfonamides is 1. The summed E-state index contributed by atoms with van der Waals surface area (Å²) in [7, 11) is -7.65. The van der Waals surface area contributed by atoms with Crippen LogP contribution in [0.2, 0.25) is 0 Å². The van der Waals surface area contributed by atoms with Gasteiger partial charge in [0.25, 0.3) is 0 Å². The quantitative estimate of drug-likeness (QED) is 0.816.